The van der Waals surface area contributed by atoms with Gasteiger partial charge in [-0.25, -0.2) is 19.6 Å². The molecule has 0 saturated heterocycles. The molecule has 1 aromatic carbocycles. The zero-order valence-corrected chi connectivity index (χ0v) is 17.0. The van der Waals surface area contributed by atoms with Gasteiger partial charge in [-0.05, 0) is 24.6 Å². The summed E-state index contributed by atoms with van der Waals surface area (Å²) < 4.78 is 3.46. The largest absolute Gasteiger partial charge is 0.357 e. The summed E-state index contributed by atoms with van der Waals surface area (Å²) in [4.78, 5) is 12.8. The molecule has 138 valence electrons. The topological polar surface area (TPSA) is 97.8 Å². The van der Waals surface area contributed by atoms with Crippen LogP contribution in [-0.2, 0) is 20.1 Å². The average Bonchev–Trinajstić information content (AvgIpc) is 3.30. The van der Waals surface area contributed by atoms with Crippen LogP contribution in [-0.4, -0.2) is 42.0 Å². The normalized spacial score (nSPS) is 11.1. The van der Waals surface area contributed by atoms with E-state index in [-0.39, 0.29) is 24.0 Å². The summed E-state index contributed by atoms with van der Waals surface area (Å²) in [5.74, 6) is 1.59. The van der Waals surface area contributed by atoms with Crippen molar-refractivity contribution in [1.29, 1.82) is 0 Å². The maximum atomic E-state index is 4.61. The van der Waals surface area contributed by atoms with Gasteiger partial charge in [0, 0.05) is 13.6 Å². The smallest absolute Gasteiger partial charge is 0.191 e. The molecule has 3 aromatic rings. The molecule has 9 nitrogen and oxygen atoms in total. The lowest BCUT2D eigenvalue weighted by atomic mass is 10.2. The van der Waals surface area contributed by atoms with Crippen LogP contribution in [0.2, 0.25) is 0 Å². The van der Waals surface area contributed by atoms with Crippen LogP contribution in [0.5, 0.6) is 0 Å². The molecule has 0 radical (unpaired) electrons. The van der Waals surface area contributed by atoms with Crippen molar-refractivity contribution in [3.8, 4) is 5.69 Å². The number of aromatic nitrogens is 6. The van der Waals surface area contributed by atoms with Crippen molar-refractivity contribution in [3.63, 3.8) is 0 Å². The number of guanidine groups is 1. The minimum Gasteiger partial charge on any atom is -0.357 e. The molecule has 0 unspecified atom stereocenters. The summed E-state index contributed by atoms with van der Waals surface area (Å²) in [6.07, 6.45) is 4.73. The molecular weight excluding hydrogens is 445 g/mol. The molecule has 0 atom stereocenters. The highest BCUT2D eigenvalue weighted by atomic mass is 127. The summed E-state index contributed by atoms with van der Waals surface area (Å²) >= 11 is 0. The first-order valence-corrected chi connectivity index (χ1v) is 8.05. The molecular formula is C16H22IN9. The molecule has 0 aliphatic carbocycles. The Morgan fingerprint density at radius 3 is 2.54 bits per heavy atom. The maximum absolute atomic E-state index is 4.61. The summed E-state index contributed by atoms with van der Waals surface area (Å²) in [6, 6.07) is 8.07. The summed E-state index contributed by atoms with van der Waals surface area (Å²) in [6.45, 7) is 3.96. The fourth-order valence-corrected chi connectivity index (χ4v) is 2.25. The van der Waals surface area contributed by atoms with E-state index in [1.807, 2.05) is 38.2 Å². The number of rotatable bonds is 6. The Hall–Kier alpha value is -2.50. The van der Waals surface area contributed by atoms with Crippen molar-refractivity contribution >= 4 is 29.9 Å². The van der Waals surface area contributed by atoms with Gasteiger partial charge >= 0.3 is 0 Å². The number of halogens is 1. The van der Waals surface area contributed by atoms with Gasteiger partial charge in [0.1, 0.15) is 24.8 Å². The van der Waals surface area contributed by atoms with Crippen LogP contribution < -0.4 is 10.6 Å². The van der Waals surface area contributed by atoms with E-state index in [1.165, 1.54) is 12.7 Å². The molecule has 3 rings (SSSR count). The van der Waals surface area contributed by atoms with Gasteiger partial charge in [0.05, 0.1) is 18.8 Å². The Kier molecular flexibility index (Phi) is 7.51. The Balaban J connectivity index is 0.00000243. The Bertz CT molecular complexity index is 809. The van der Waals surface area contributed by atoms with Crippen LogP contribution >= 0.6 is 24.0 Å². The second-order valence-electron chi connectivity index (χ2n) is 5.36. The molecule has 0 spiro atoms. The van der Waals surface area contributed by atoms with E-state index in [2.05, 4.69) is 35.8 Å². The molecule has 0 aliphatic rings. The minimum absolute atomic E-state index is 0. The lowest BCUT2D eigenvalue weighted by molar-refractivity contribution is 0.673. The monoisotopic (exact) mass is 467 g/mol. The number of hydrogen-bond donors (Lipinski definition) is 2. The molecule has 2 N–H and O–H groups in total. The number of aryl methyl sites for hydroxylation is 1. The molecule has 26 heavy (non-hydrogen) atoms. The van der Waals surface area contributed by atoms with Crippen molar-refractivity contribution in [3.05, 3.63) is 54.6 Å². The van der Waals surface area contributed by atoms with Crippen molar-refractivity contribution in [2.75, 3.05) is 6.54 Å². The second-order valence-corrected chi connectivity index (χ2v) is 5.36. The number of nitrogens with zero attached hydrogens (tertiary/aromatic N) is 7. The lowest BCUT2D eigenvalue weighted by Crippen LogP contribution is -2.37. The van der Waals surface area contributed by atoms with E-state index >= 15 is 0 Å². The highest BCUT2D eigenvalue weighted by molar-refractivity contribution is 14.0. The highest BCUT2D eigenvalue weighted by Gasteiger charge is 2.03. The molecule has 0 bridgehead atoms. The molecule has 2 heterocycles. The molecule has 0 aliphatic heterocycles. The number of hydrogen-bond acceptors (Lipinski definition) is 5. The maximum Gasteiger partial charge on any atom is 0.191 e. The van der Waals surface area contributed by atoms with Crippen LogP contribution in [0.4, 0.5) is 0 Å². The third-order valence-electron chi connectivity index (χ3n) is 3.60. The Morgan fingerprint density at radius 2 is 1.92 bits per heavy atom. The van der Waals surface area contributed by atoms with Crippen molar-refractivity contribution in [2.45, 2.75) is 20.0 Å². The average molecular weight is 467 g/mol. The standard InChI is InChI=1S/C16H21N9.HI/c1-3-18-16(20-9-15-21-11-22-24(15)2)19-8-13-4-6-14(7-5-13)25-12-17-10-23-25;/h4-7,10-12H,3,8-9H2,1-2H3,(H2,18,19,20);1H. The van der Waals surface area contributed by atoms with E-state index in [1.54, 1.807) is 15.7 Å². The first kappa shape index (κ1) is 19.8. The van der Waals surface area contributed by atoms with Crippen LogP contribution in [0.25, 0.3) is 5.69 Å². The zero-order chi connectivity index (χ0) is 17.5. The molecule has 0 saturated carbocycles. The van der Waals surface area contributed by atoms with E-state index < -0.39 is 0 Å². The van der Waals surface area contributed by atoms with Gasteiger partial charge in [-0.2, -0.15) is 10.2 Å². The SMILES string of the molecule is CCNC(=NCc1ccc(-n2cncn2)cc1)NCc1ncnn1C.I. The van der Waals surface area contributed by atoms with E-state index in [9.17, 15) is 0 Å². The first-order valence-electron chi connectivity index (χ1n) is 8.05. The fraction of sp³-hybridized carbons (Fsp3) is 0.312. The van der Waals surface area contributed by atoms with E-state index in [0.717, 1.165) is 29.6 Å². The highest BCUT2D eigenvalue weighted by Crippen LogP contribution is 2.08. The van der Waals surface area contributed by atoms with Gasteiger partial charge in [-0.1, -0.05) is 12.1 Å². The summed E-state index contributed by atoms with van der Waals surface area (Å²) in [5, 5.41) is 14.7. The van der Waals surface area contributed by atoms with Crippen LogP contribution in [0.3, 0.4) is 0 Å². The molecule has 0 fully saturated rings. The van der Waals surface area contributed by atoms with Gasteiger partial charge in [0.25, 0.3) is 0 Å². The van der Waals surface area contributed by atoms with E-state index in [4.69, 9.17) is 0 Å². The minimum atomic E-state index is 0. The number of nitrogens with one attached hydrogen (secondary N) is 2. The van der Waals surface area contributed by atoms with E-state index in [0.29, 0.717) is 13.1 Å². The molecule has 0 amide bonds. The van der Waals surface area contributed by atoms with Gasteiger partial charge in [0.15, 0.2) is 5.96 Å². The van der Waals surface area contributed by atoms with Gasteiger partial charge < -0.3 is 10.6 Å². The predicted molar refractivity (Wildman–Crippen MR) is 109 cm³/mol. The van der Waals surface area contributed by atoms with Crippen molar-refractivity contribution in [1.82, 2.24) is 40.2 Å². The van der Waals surface area contributed by atoms with Crippen molar-refractivity contribution in [2.24, 2.45) is 12.0 Å². The molecule has 10 heteroatoms. The van der Waals surface area contributed by atoms with Crippen LogP contribution in [0.1, 0.15) is 18.3 Å². The predicted octanol–water partition coefficient (Wildman–Crippen LogP) is 1.27. The van der Waals surface area contributed by atoms with Crippen LogP contribution in [0.15, 0.2) is 48.2 Å². The fourth-order valence-electron chi connectivity index (χ4n) is 2.25. The number of benzene rings is 1. The Morgan fingerprint density at radius 1 is 1.12 bits per heavy atom. The van der Waals surface area contributed by atoms with Crippen molar-refractivity contribution < 1.29 is 0 Å². The number of aliphatic imine (C=N–C) groups is 1. The lowest BCUT2D eigenvalue weighted by Gasteiger charge is -2.11. The summed E-state index contributed by atoms with van der Waals surface area (Å²) in [5.41, 5.74) is 2.08. The van der Waals surface area contributed by atoms with Gasteiger partial charge in [0.2, 0.25) is 0 Å². The zero-order valence-electron chi connectivity index (χ0n) is 14.7. The third-order valence-corrected chi connectivity index (χ3v) is 3.60. The quantitative estimate of drug-likeness (QED) is 0.322. The van der Waals surface area contributed by atoms with Crippen LogP contribution in [0, 0.1) is 0 Å². The second kappa shape index (κ2) is 9.85. The third kappa shape index (κ3) is 5.25. The molecule has 2 aromatic heterocycles. The van der Waals surface area contributed by atoms with Gasteiger partial charge in [-0.3, -0.25) is 4.68 Å². The Labute approximate surface area is 169 Å². The summed E-state index contributed by atoms with van der Waals surface area (Å²) in [7, 11) is 1.87. The first-order chi connectivity index (χ1) is 12.3. The van der Waals surface area contributed by atoms with Gasteiger partial charge in [-0.15, -0.1) is 24.0 Å².